The molecule has 7 heteroatoms. The summed E-state index contributed by atoms with van der Waals surface area (Å²) in [4.78, 5) is 24.4. The van der Waals surface area contributed by atoms with Crippen LogP contribution in [-0.2, 0) is 4.79 Å². The van der Waals surface area contributed by atoms with Gasteiger partial charge in [0.05, 0.1) is 4.92 Å². The van der Waals surface area contributed by atoms with Crippen molar-refractivity contribution in [2.24, 2.45) is 0 Å². The molecule has 0 heterocycles. The van der Waals surface area contributed by atoms with Crippen molar-refractivity contribution in [3.05, 3.63) is 99.1 Å². The number of carbonyl (C=O) groups is 1. The fourth-order valence-electron chi connectivity index (χ4n) is 2.80. The number of nitrogens with zero attached hydrogens (tertiary/aromatic N) is 1. The van der Waals surface area contributed by atoms with E-state index in [9.17, 15) is 14.9 Å². The first-order chi connectivity index (χ1) is 16.4. The molecular formula is C27H21NO3S3. The van der Waals surface area contributed by atoms with Gasteiger partial charge in [-0.05, 0) is 66.9 Å². The van der Waals surface area contributed by atoms with Crippen LogP contribution in [0.1, 0.15) is 29.2 Å². The second-order valence-corrected chi connectivity index (χ2v) is 10.4. The third-order valence-electron chi connectivity index (χ3n) is 4.41. The Morgan fingerprint density at radius 1 is 0.824 bits per heavy atom. The maximum atomic E-state index is 11.6. The summed E-state index contributed by atoms with van der Waals surface area (Å²) in [5.41, 5.74) is 2.36. The van der Waals surface area contributed by atoms with Crippen LogP contribution in [0.4, 0.5) is 5.69 Å². The molecule has 0 aliphatic carbocycles. The topological polar surface area (TPSA) is 60.2 Å². The van der Waals surface area contributed by atoms with Crippen LogP contribution in [0.3, 0.4) is 0 Å². The Morgan fingerprint density at radius 3 is 1.97 bits per heavy atom. The standard InChI is InChI=1S/C27H21NO3S3/c1-20(29)34-26-15-9-22(10-16-26)5-11-24-12-6-23(19-27(24)28(30)31)4-3-21-7-13-25(14-8-21)33-18-17-32-2/h6-10,12-16,19H,17-18H2,1-2H3. The molecule has 0 N–H and O–H groups in total. The lowest BCUT2D eigenvalue weighted by Crippen LogP contribution is -1.93. The van der Waals surface area contributed by atoms with Crippen LogP contribution in [0.25, 0.3) is 0 Å². The number of carbonyl (C=O) groups excluding carboxylic acids is 1. The molecule has 170 valence electrons. The van der Waals surface area contributed by atoms with Crippen LogP contribution in [-0.4, -0.2) is 27.8 Å². The summed E-state index contributed by atoms with van der Waals surface area (Å²) in [7, 11) is 0. The monoisotopic (exact) mass is 503 g/mol. The van der Waals surface area contributed by atoms with E-state index in [-0.39, 0.29) is 10.8 Å². The van der Waals surface area contributed by atoms with Crippen molar-refractivity contribution < 1.29 is 9.72 Å². The van der Waals surface area contributed by atoms with E-state index in [1.165, 1.54) is 17.9 Å². The Balaban J connectivity index is 1.75. The zero-order chi connectivity index (χ0) is 24.3. The molecule has 0 amide bonds. The molecule has 34 heavy (non-hydrogen) atoms. The molecule has 3 aromatic rings. The van der Waals surface area contributed by atoms with Gasteiger partial charge in [-0.15, -0.1) is 11.8 Å². The van der Waals surface area contributed by atoms with Gasteiger partial charge in [-0.2, -0.15) is 11.8 Å². The number of benzene rings is 3. The molecule has 0 radical (unpaired) electrons. The van der Waals surface area contributed by atoms with Crippen molar-refractivity contribution in [1.29, 1.82) is 0 Å². The van der Waals surface area contributed by atoms with Gasteiger partial charge in [0.2, 0.25) is 0 Å². The Hall–Kier alpha value is -3.10. The Kier molecular flexibility index (Phi) is 9.73. The highest BCUT2D eigenvalue weighted by molar-refractivity contribution is 8.13. The third kappa shape index (κ3) is 8.04. The largest absolute Gasteiger partial charge is 0.287 e. The number of rotatable bonds is 6. The SMILES string of the molecule is CSCCSc1ccc(C#Cc2ccc(C#Cc3ccc(SC(C)=O)cc3)c([N+](=O)[O-])c2)cc1. The minimum atomic E-state index is -0.442. The van der Waals surface area contributed by atoms with Gasteiger partial charge in [0.15, 0.2) is 5.12 Å². The zero-order valence-corrected chi connectivity index (χ0v) is 21.1. The molecule has 0 spiro atoms. The molecule has 4 nitrogen and oxygen atoms in total. The molecule has 0 aliphatic rings. The van der Waals surface area contributed by atoms with Gasteiger partial charge in [-0.1, -0.05) is 35.4 Å². The molecule has 3 aromatic carbocycles. The number of thioether (sulfide) groups is 3. The second-order valence-electron chi connectivity index (χ2n) is 6.97. The van der Waals surface area contributed by atoms with Gasteiger partial charge >= 0.3 is 0 Å². The van der Waals surface area contributed by atoms with E-state index in [0.29, 0.717) is 16.7 Å². The molecule has 0 atom stereocenters. The molecule has 0 unspecified atom stereocenters. The van der Waals surface area contributed by atoms with Crippen LogP contribution < -0.4 is 0 Å². The number of nitro groups is 1. The predicted octanol–water partition coefficient (Wildman–Crippen LogP) is 6.49. The molecule has 0 fully saturated rings. The Morgan fingerprint density at radius 2 is 1.38 bits per heavy atom. The lowest BCUT2D eigenvalue weighted by atomic mass is 10.1. The van der Waals surface area contributed by atoms with Crippen LogP contribution in [0, 0.1) is 33.8 Å². The number of nitro benzene ring substituents is 1. The fraction of sp³-hybridized carbons (Fsp3) is 0.148. The summed E-state index contributed by atoms with van der Waals surface area (Å²) in [5, 5.41) is 11.6. The van der Waals surface area contributed by atoms with E-state index < -0.39 is 4.92 Å². The van der Waals surface area contributed by atoms with Crippen LogP contribution in [0.2, 0.25) is 0 Å². The van der Waals surface area contributed by atoms with Gasteiger partial charge in [-0.25, -0.2) is 0 Å². The molecule has 3 rings (SSSR count). The van der Waals surface area contributed by atoms with Gasteiger partial charge in [0.25, 0.3) is 5.69 Å². The average Bonchev–Trinajstić information content (AvgIpc) is 2.83. The van der Waals surface area contributed by atoms with Crippen LogP contribution in [0.5, 0.6) is 0 Å². The Bertz CT molecular complexity index is 1300. The van der Waals surface area contributed by atoms with Crippen molar-refractivity contribution in [3.63, 3.8) is 0 Å². The van der Waals surface area contributed by atoms with E-state index in [1.807, 2.05) is 47.8 Å². The van der Waals surface area contributed by atoms with Crippen molar-refractivity contribution in [2.45, 2.75) is 16.7 Å². The van der Waals surface area contributed by atoms with E-state index in [2.05, 4.69) is 29.9 Å². The van der Waals surface area contributed by atoms with E-state index >= 15 is 0 Å². The zero-order valence-electron chi connectivity index (χ0n) is 18.7. The molecule has 0 aromatic heterocycles. The third-order valence-corrected chi connectivity index (χ3v) is 7.09. The average molecular weight is 504 g/mol. The van der Waals surface area contributed by atoms with Gasteiger partial charge in [-0.3, -0.25) is 14.9 Å². The lowest BCUT2D eigenvalue weighted by molar-refractivity contribution is -0.385. The Labute approximate surface area is 212 Å². The van der Waals surface area contributed by atoms with Crippen molar-refractivity contribution in [2.75, 3.05) is 17.8 Å². The molecule has 0 saturated heterocycles. The first-order valence-corrected chi connectivity index (χ1v) is 13.5. The highest BCUT2D eigenvalue weighted by Crippen LogP contribution is 2.22. The first-order valence-electron chi connectivity index (χ1n) is 10.3. The minimum absolute atomic E-state index is 0.00957. The maximum Gasteiger partial charge on any atom is 0.286 e. The highest BCUT2D eigenvalue weighted by atomic mass is 32.2. The van der Waals surface area contributed by atoms with Crippen molar-refractivity contribution in [3.8, 4) is 23.7 Å². The number of hydrogen-bond donors (Lipinski definition) is 0. The fourth-order valence-corrected chi connectivity index (χ4v) is 4.97. The maximum absolute atomic E-state index is 11.6. The summed E-state index contributed by atoms with van der Waals surface area (Å²) >= 11 is 4.78. The van der Waals surface area contributed by atoms with Gasteiger partial charge in [0, 0.05) is 51.0 Å². The second kappa shape index (κ2) is 13.0. The summed E-state index contributed by atoms with van der Waals surface area (Å²) in [6, 6.07) is 20.0. The molecule has 0 aliphatic heterocycles. The van der Waals surface area contributed by atoms with E-state index in [0.717, 1.165) is 33.7 Å². The van der Waals surface area contributed by atoms with E-state index in [4.69, 9.17) is 0 Å². The summed E-state index contributed by atoms with van der Waals surface area (Å²) in [5.74, 6) is 14.1. The smallest absolute Gasteiger partial charge is 0.286 e. The summed E-state index contributed by atoms with van der Waals surface area (Å²) in [6.07, 6.45) is 2.10. The van der Waals surface area contributed by atoms with Crippen LogP contribution in [0.15, 0.2) is 76.5 Å². The quantitative estimate of drug-likeness (QED) is 0.126. The molecule has 0 bridgehead atoms. The molecule has 0 saturated carbocycles. The van der Waals surface area contributed by atoms with E-state index in [1.54, 1.807) is 36.4 Å². The van der Waals surface area contributed by atoms with Crippen molar-refractivity contribution in [1.82, 2.24) is 0 Å². The van der Waals surface area contributed by atoms with Crippen LogP contribution >= 0.6 is 35.3 Å². The van der Waals surface area contributed by atoms with Gasteiger partial charge in [0.1, 0.15) is 5.56 Å². The summed E-state index contributed by atoms with van der Waals surface area (Å²) in [6.45, 7) is 1.51. The van der Waals surface area contributed by atoms with Gasteiger partial charge < -0.3 is 0 Å². The number of hydrogen-bond acceptors (Lipinski definition) is 6. The highest BCUT2D eigenvalue weighted by Gasteiger charge is 2.12. The lowest BCUT2D eigenvalue weighted by Gasteiger charge is -2.00. The predicted molar refractivity (Wildman–Crippen MR) is 144 cm³/mol. The summed E-state index contributed by atoms with van der Waals surface area (Å²) < 4.78 is 0. The minimum Gasteiger partial charge on any atom is -0.287 e. The normalized spacial score (nSPS) is 9.94. The van der Waals surface area contributed by atoms with Crippen molar-refractivity contribution >= 4 is 46.1 Å². The first kappa shape index (κ1) is 25.5. The molecular weight excluding hydrogens is 483 g/mol.